The van der Waals surface area contributed by atoms with Crippen molar-refractivity contribution in [2.45, 2.75) is 27.1 Å². The van der Waals surface area contributed by atoms with E-state index in [9.17, 15) is 4.79 Å². The van der Waals surface area contributed by atoms with Gasteiger partial charge in [0.2, 0.25) is 5.75 Å². The van der Waals surface area contributed by atoms with Crippen LogP contribution in [0.3, 0.4) is 0 Å². The van der Waals surface area contributed by atoms with E-state index in [4.69, 9.17) is 18.9 Å². The van der Waals surface area contributed by atoms with Gasteiger partial charge in [0.05, 0.1) is 12.7 Å². The van der Waals surface area contributed by atoms with E-state index >= 15 is 0 Å². The second kappa shape index (κ2) is 13.5. The van der Waals surface area contributed by atoms with Crippen LogP contribution in [-0.2, 0) is 18.0 Å². The van der Waals surface area contributed by atoms with Gasteiger partial charge >= 0.3 is 5.97 Å². The van der Waals surface area contributed by atoms with E-state index in [-0.39, 0.29) is 6.61 Å². The van der Waals surface area contributed by atoms with Crippen LogP contribution in [-0.4, -0.2) is 19.7 Å². The molecular formula is C27H30O5. The Balaban J connectivity index is 0.00000176. The number of benzene rings is 3. The van der Waals surface area contributed by atoms with E-state index in [0.29, 0.717) is 36.0 Å². The third kappa shape index (κ3) is 7.20. The first-order valence-corrected chi connectivity index (χ1v) is 10.5. The molecule has 168 valence electrons. The number of carbonyl (C=O) groups excluding carboxylic acids is 1. The van der Waals surface area contributed by atoms with Gasteiger partial charge in [0.15, 0.2) is 11.5 Å². The summed E-state index contributed by atoms with van der Waals surface area (Å²) in [6.45, 7) is 8.59. The van der Waals surface area contributed by atoms with Gasteiger partial charge in [0.1, 0.15) is 19.8 Å². The first kappa shape index (κ1) is 24.5. The Morgan fingerprint density at radius 1 is 0.812 bits per heavy atom. The van der Waals surface area contributed by atoms with Crippen molar-refractivity contribution in [3.63, 3.8) is 0 Å². The van der Waals surface area contributed by atoms with Crippen molar-refractivity contribution in [2.24, 2.45) is 0 Å². The minimum Gasteiger partial charge on any atom is -0.485 e. The molecule has 3 rings (SSSR count). The zero-order chi connectivity index (χ0) is 23.2. The molecule has 0 saturated heterocycles. The minimum absolute atomic E-state index is 0.265. The molecule has 0 fully saturated rings. The predicted octanol–water partition coefficient (Wildman–Crippen LogP) is 6.22. The number of hydrogen-bond donors (Lipinski definition) is 0. The van der Waals surface area contributed by atoms with E-state index in [2.05, 4.69) is 6.58 Å². The van der Waals surface area contributed by atoms with Gasteiger partial charge in [-0.15, -0.1) is 0 Å². The summed E-state index contributed by atoms with van der Waals surface area (Å²) in [5.41, 5.74) is 2.29. The smallest absolute Gasteiger partial charge is 0.338 e. The molecular weight excluding hydrogens is 404 g/mol. The van der Waals surface area contributed by atoms with Crippen LogP contribution in [0.4, 0.5) is 0 Å². The molecule has 0 aliphatic rings. The van der Waals surface area contributed by atoms with Crippen LogP contribution in [0.15, 0.2) is 85.5 Å². The first-order chi connectivity index (χ1) is 15.7. The maximum Gasteiger partial charge on any atom is 0.338 e. The van der Waals surface area contributed by atoms with Crippen LogP contribution in [0.25, 0.3) is 0 Å². The van der Waals surface area contributed by atoms with Gasteiger partial charge in [0.25, 0.3) is 0 Å². The molecule has 0 aliphatic heterocycles. The molecule has 0 aromatic heterocycles. The fourth-order valence-electron chi connectivity index (χ4n) is 2.78. The van der Waals surface area contributed by atoms with Crippen molar-refractivity contribution in [3.05, 3.63) is 102 Å². The third-order valence-electron chi connectivity index (χ3n) is 4.26. The zero-order valence-corrected chi connectivity index (χ0v) is 18.9. The Hall–Kier alpha value is -3.73. The summed E-state index contributed by atoms with van der Waals surface area (Å²) in [6, 6.07) is 22.7. The van der Waals surface area contributed by atoms with E-state index in [0.717, 1.165) is 11.1 Å². The van der Waals surface area contributed by atoms with Crippen LogP contribution in [0, 0.1) is 0 Å². The fourth-order valence-corrected chi connectivity index (χ4v) is 2.78. The molecule has 32 heavy (non-hydrogen) atoms. The molecule has 0 atom stereocenters. The van der Waals surface area contributed by atoms with Gasteiger partial charge in [-0.05, 0) is 23.3 Å². The molecule has 0 spiro atoms. The molecule has 5 heteroatoms. The van der Waals surface area contributed by atoms with Gasteiger partial charge in [-0.2, -0.15) is 0 Å². The topological polar surface area (TPSA) is 54.0 Å². The molecule has 0 amide bonds. The van der Waals surface area contributed by atoms with Crippen molar-refractivity contribution >= 4 is 5.97 Å². The largest absolute Gasteiger partial charge is 0.485 e. The van der Waals surface area contributed by atoms with Crippen molar-refractivity contribution in [1.82, 2.24) is 0 Å². The maximum atomic E-state index is 12.2. The van der Waals surface area contributed by atoms with Gasteiger partial charge < -0.3 is 18.9 Å². The molecule has 0 radical (unpaired) electrons. The Kier molecular flexibility index (Phi) is 10.4. The summed E-state index contributed by atoms with van der Waals surface area (Å²) < 4.78 is 22.7. The Morgan fingerprint density at radius 2 is 1.28 bits per heavy atom. The fraction of sp³-hybridized carbons (Fsp3) is 0.222. The monoisotopic (exact) mass is 434 g/mol. The lowest BCUT2D eigenvalue weighted by Crippen LogP contribution is -2.07. The molecule has 0 saturated carbocycles. The van der Waals surface area contributed by atoms with Crippen LogP contribution in [0.5, 0.6) is 17.2 Å². The quantitative estimate of drug-likeness (QED) is 0.280. The highest BCUT2D eigenvalue weighted by Gasteiger charge is 2.19. The number of esters is 1. The minimum atomic E-state index is -0.487. The van der Waals surface area contributed by atoms with Crippen LogP contribution in [0.1, 0.15) is 35.3 Å². The second-order valence-corrected chi connectivity index (χ2v) is 6.44. The number of hydrogen-bond acceptors (Lipinski definition) is 5. The summed E-state index contributed by atoms with van der Waals surface area (Å²) in [7, 11) is 1.33. The molecule has 0 aliphatic carbocycles. The standard InChI is InChI=1S/C25H24O5.C2H6/c1-3-14-28-24-22(29-17-19-10-6-4-7-11-19)15-21(25(26)27-2)16-23(24)30-18-20-12-8-5-9-13-20;1-2/h3-13,15-16H,1,14,17-18H2,2H3;1-2H3. The molecule has 5 nitrogen and oxygen atoms in total. The van der Waals surface area contributed by atoms with Gasteiger partial charge in [-0.3, -0.25) is 0 Å². The average Bonchev–Trinajstić information content (AvgIpc) is 2.87. The summed E-state index contributed by atoms with van der Waals surface area (Å²) in [4.78, 5) is 12.2. The highest BCUT2D eigenvalue weighted by molar-refractivity contribution is 5.91. The van der Waals surface area contributed by atoms with E-state index in [1.54, 1.807) is 18.2 Å². The van der Waals surface area contributed by atoms with Crippen LogP contribution >= 0.6 is 0 Å². The van der Waals surface area contributed by atoms with Crippen molar-refractivity contribution in [2.75, 3.05) is 13.7 Å². The lowest BCUT2D eigenvalue weighted by Gasteiger charge is -2.18. The molecule has 0 N–H and O–H groups in total. The molecule has 0 heterocycles. The average molecular weight is 435 g/mol. The number of ether oxygens (including phenoxy) is 4. The molecule has 3 aromatic rings. The maximum absolute atomic E-state index is 12.2. The summed E-state index contributed by atoms with van der Waals surface area (Å²) in [5.74, 6) is 0.715. The number of methoxy groups -OCH3 is 1. The van der Waals surface area contributed by atoms with E-state index in [1.807, 2.05) is 74.5 Å². The lowest BCUT2D eigenvalue weighted by atomic mass is 10.1. The van der Waals surface area contributed by atoms with E-state index < -0.39 is 5.97 Å². The summed E-state index contributed by atoms with van der Waals surface area (Å²) >= 11 is 0. The van der Waals surface area contributed by atoms with Crippen molar-refractivity contribution < 1.29 is 23.7 Å². The molecule has 3 aromatic carbocycles. The molecule has 0 bridgehead atoms. The third-order valence-corrected chi connectivity index (χ3v) is 4.26. The summed E-state index contributed by atoms with van der Waals surface area (Å²) in [5, 5.41) is 0. The van der Waals surface area contributed by atoms with Gasteiger partial charge in [0, 0.05) is 0 Å². The van der Waals surface area contributed by atoms with E-state index in [1.165, 1.54) is 7.11 Å². The zero-order valence-electron chi connectivity index (χ0n) is 18.9. The predicted molar refractivity (Wildman–Crippen MR) is 126 cm³/mol. The van der Waals surface area contributed by atoms with Gasteiger partial charge in [-0.25, -0.2) is 4.79 Å². The number of rotatable bonds is 10. The van der Waals surface area contributed by atoms with Gasteiger partial charge in [-0.1, -0.05) is 87.2 Å². The Bertz CT molecular complexity index is 903. The van der Waals surface area contributed by atoms with Crippen LogP contribution < -0.4 is 14.2 Å². The normalized spacial score (nSPS) is 9.72. The highest BCUT2D eigenvalue weighted by Crippen LogP contribution is 2.40. The Morgan fingerprint density at radius 3 is 1.69 bits per heavy atom. The second-order valence-electron chi connectivity index (χ2n) is 6.44. The van der Waals surface area contributed by atoms with Crippen molar-refractivity contribution in [1.29, 1.82) is 0 Å². The first-order valence-electron chi connectivity index (χ1n) is 10.5. The summed E-state index contributed by atoms with van der Waals surface area (Å²) in [6.07, 6.45) is 1.64. The van der Waals surface area contributed by atoms with Crippen molar-refractivity contribution in [3.8, 4) is 17.2 Å². The molecule has 0 unspecified atom stereocenters. The SMILES string of the molecule is C=CCOc1c(OCc2ccccc2)cc(C(=O)OC)cc1OCc1ccccc1.CC. The number of carbonyl (C=O) groups is 1. The van der Waals surface area contributed by atoms with Crippen LogP contribution in [0.2, 0.25) is 0 Å². The lowest BCUT2D eigenvalue weighted by molar-refractivity contribution is 0.0599. The Labute approximate surface area is 190 Å². The highest BCUT2D eigenvalue weighted by atomic mass is 16.5.